The zero-order chi connectivity index (χ0) is 18.7. The zero-order valence-electron chi connectivity index (χ0n) is 14.8. The van der Waals surface area contributed by atoms with Crippen LogP contribution in [0.1, 0.15) is 25.1 Å². The maximum absolute atomic E-state index is 14.1. The predicted octanol–water partition coefficient (Wildman–Crippen LogP) is 4.28. The standard InChI is InChI=1S/C19H20FN5S/c1-11(2)23-19-25-16-9-8-15(24-18(16)26-19)13(10-22-3)17(21)12-6-4-5-7-14(12)20/h4-11,21-22H,1-3H3,(H,23,25)/b13-10-,21-17?. The van der Waals surface area contributed by atoms with Crippen molar-refractivity contribution in [1.82, 2.24) is 15.3 Å². The summed E-state index contributed by atoms with van der Waals surface area (Å²) in [5, 5.41) is 15.5. The highest BCUT2D eigenvalue weighted by atomic mass is 32.1. The Hall–Kier alpha value is -2.80. The molecule has 0 aliphatic carbocycles. The van der Waals surface area contributed by atoms with Crippen LogP contribution in [0.15, 0.2) is 42.6 Å². The molecule has 0 amide bonds. The molecular weight excluding hydrogens is 349 g/mol. The van der Waals surface area contributed by atoms with Gasteiger partial charge in [-0.05, 0) is 38.1 Å². The molecule has 2 aromatic heterocycles. The van der Waals surface area contributed by atoms with E-state index in [0.717, 1.165) is 15.5 Å². The second-order valence-corrected chi connectivity index (χ2v) is 7.02. The molecule has 2 heterocycles. The minimum Gasteiger partial charge on any atom is -0.393 e. The number of nitrogens with zero attached hydrogens (tertiary/aromatic N) is 2. The summed E-state index contributed by atoms with van der Waals surface area (Å²) in [5.41, 5.74) is 2.23. The van der Waals surface area contributed by atoms with Crippen LogP contribution in [0.3, 0.4) is 0 Å². The lowest BCUT2D eigenvalue weighted by Gasteiger charge is -2.10. The molecule has 0 saturated carbocycles. The minimum atomic E-state index is -0.429. The number of rotatable bonds is 6. The Bertz CT molecular complexity index is 977. The molecular formula is C19H20FN5S. The number of nitrogens with one attached hydrogen (secondary N) is 3. The van der Waals surface area contributed by atoms with E-state index in [1.165, 1.54) is 17.4 Å². The number of halogens is 1. The first-order valence-corrected chi connectivity index (χ1v) is 9.07. The van der Waals surface area contributed by atoms with E-state index in [1.807, 2.05) is 6.07 Å². The molecule has 0 saturated heterocycles. The maximum Gasteiger partial charge on any atom is 0.185 e. The average molecular weight is 369 g/mol. The van der Waals surface area contributed by atoms with Crippen molar-refractivity contribution in [2.75, 3.05) is 12.4 Å². The molecule has 7 heteroatoms. The molecule has 0 unspecified atom stereocenters. The van der Waals surface area contributed by atoms with E-state index in [2.05, 4.69) is 34.4 Å². The first kappa shape index (κ1) is 18.0. The van der Waals surface area contributed by atoms with Gasteiger partial charge in [-0.1, -0.05) is 23.5 Å². The van der Waals surface area contributed by atoms with Gasteiger partial charge in [-0.25, -0.2) is 14.4 Å². The van der Waals surface area contributed by atoms with Crippen molar-refractivity contribution in [3.63, 3.8) is 0 Å². The zero-order valence-corrected chi connectivity index (χ0v) is 15.6. The maximum atomic E-state index is 14.1. The molecule has 5 nitrogen and oxygen atoms in total. The Kier molecular flexibility index (Phi) is 5.27. The van der Waals surface area contributed by atoms with Crippen molar-refractivity contribution in [1.29, 1.82) is 5.41 Å². The van der Waals surface area contributed by atoms with Gasteiger partial charge in [0.25, 0.3) is 0 Å². The second-order valence-electron chi connectivity index (χ2n) is 6.04. The summed E-state index contributed by atoms with van der Waals surface area (Å²) in [7, 11) is 1.74. The van der Waals surface area contributed by atoms with Gasteiger partial charge in [0.05, 0.1) is 11.4 Å². The van der Waals surface area contributed by atoms with Gasteiger partial charge in [0.2, 0.25) is 0 Å². The van der Waals surface area contributed by atoms with Crippen molar-refractivity contribution in [3.8, 4) is 0 Å². The van der Waals surface area contributed by atoms with Gasteiger partial charge in [0, 0.05) is 30.4 Å². The molecule has 0 aliphatic heterocycles. The van der Waals surface area contributed by atoms with Gasteiger partial charge < -0.3 is 10.6 Å². The predicted molar refractivity (Wildman–Crippen MR) is 106 cm³/mol. The Balaban J connectivity index is 2.01. The average Bonchev–Trinajstić information content (AvgIpc) is 3.00. The Morgan fingerprint density at radius 2 is 1.96 bits per heavy atom. The van der Waals surface area contributed by atoms with Gasteiger partial charge in [-0.15, -0.1) is 0 Å². The molecule has 1 aromatic carbocycles. The van der Waals surface area contributed by atoms with Crippen LogP contribution in [0.5, 0.6) is 0 Å². The van der Waals surface area contributed by atoms with Crippen LogP contribution in [-0.2, 0) is 0 Å². The number of thiazole rings is 1. The first-order chi connectivity index (χ1) is 12.5. The number of pyridine rings is 1. The third-order valence-electron chi connectivity index (χ3n) is 3.64. The molecule has 3 N–H and O–H groups in total. The van der Waals surface area contributed by atoms with Gasteiger partial charge in [0.15, 0.2) is 5.13 Å². The second kappa shape index (κ2) is 7.61. The summed E-state index contributed by atoms with van der Waals surface area (Å²) in [6, 6.07) is 10.2. The van der Waals surface area contributed by atoms with Gasteiger partial charge in [-0.3, -0.25) is 5.41 Å². The number of anilines is 1. The molecule has 0 aliphatic rings. The molecule has 0 atom stereocenters. The van der Waals surface area contributed by atoms with Crippen LogP contribution in [0, 0.1) is 11.2 Å². The fourth-order valence-electron chi connectivity index (χ4n) is 2.50. The number of aromatic nitrogens is 2. The largest absolute Gasteiger partial charge is 0.393 e. The van der Waals surface area contributed by atoms with Crippen molar-refractivity contribution in [3.05, 3.63) is 59.7 Å². The summed E-state index contributed by atoms with van der Waals surface area (Å²) < 4.78 is 14.1. The summed E-state index contributed by atoms with van der Waals surface area (Å²) in [6.07, 6.45) is 1.66. The van der Waals surface area contributed by atoms with Crippen LogP contribution in [0.2, 0.25) is 0 Å². The van der Waals surface area contributed by atoms with E-state index >= 15 is 0 Å². The molecule has 0 spiro atoms. The lowest BCUT2D eigenvalue weighted by Crippen LogP contribution is -2.10. The normalized spacial score (nSPS) is 11.8. The molecule has 134 valence electrons. The fourth-order valence-corrected chi connectivity index (χ4v) is 3.49. The SMILES string of the molecule is CN/C=C(\C(=N)c1ccccc1F)c1ccc2nc(NC(C)C)sc2n1. The molecule has 26 heavy (non-hydrogen) atoms. The van der Waals surface area contributed by atoms with Crippen molar-refractivity contribution < 1.29 is 4.39 Å². The van der Waals surface area contributed by atoms with Crippen molar-refractivity contribution in [2.45, 2.75) is 19.9 Å². The number of benzene rings is 1. The van der Waals surface area contributed by atoms with E-state index in [1.54, 1.807) is 37.5 Å². The van der Waals surface area contributed by atoms with Crippen LogP contribution >= 0.6 is 11.3 Å². The van der Waals surface area contributed by atoms with E-state index in [9.17, 15) is 4.39 Å². The molecule has 0 fully saturated rings. The third kappa shape index (κ3) is 3.72. The van der Waals surface area contributed by atoms with Crippen molar-refractivity contribution in [2.24, 2.45) is 0 Å². The minimum absolute atomic E-state index is 0.0781. The Labute approximate surface area is 155 Å². The quantitative estimate of drug-likeness (QED) is 0.567. The number of fused-ring (bicyclic) bond motifs is 1. The lowest BCUT2D eigenvalue weighted by atomic mass is 10.00. The summed E-state index contributed by atoms with van der Waals surface area (Å²) >= 11 is 1.46. The first-order valence-electron chi connectivity index (χ1n) is 8.25. The smallest absolute Gasteiger partial charge is 0.185 e. The molecule has 0 radical (unpaired) electrons. The number of allylic oxidation sites excluding steroid dienone is 1. The topological polar surface area (TPSA) is 73.7 Å². The highest BCUT2D eigenvalue weighted by Gasteiger charge is 2.16. The highest BCUT2D eigenvalue weighted by Crippen LogP contribution is 2.27. The lowest BCUT2D eigenvalue weighted by molar-refractivity contribution is 0.625. The molecule has 3 aromatic rings. The number of hydrogen-bond donors (Lipinski definition) is 3. The summed E-state index contributed by atoms with van der Waals surface area (Å²) in [6.45, 7) is 4.10. The van der Waals surface area contributed by atoms with Crippen LogP contribution in [0.25, 0.3) is 15.9 Å². The van der Waals surface area contributed by atoms with Gasteiger partial charge >= 0.3 is 0 Å². The summed E-state index contributed by atoms with van der Waals surface area (Å²) in [4.78, 5) is 9.93. The Morgan fingerprint density at radius 3 is 2.65 bits per heavy atom. The summed E-state index contributed by atoms with van der Waals surface area (Å²) in [5.74, 6) is -0.429. The fraction of sp³-hybridized carbons (Fsp3) is 0.211. The van der Waals surface area contributed by atoms with E-state index in [0.29, 0.717) is 11.3 Å². The van der Waals surface area contributed by atoms with E-state index in [-0.39, 0.29) is 17.3 Å². The highest BCUT2D eigenvalue weighted by molar-refractivity contribution is 7.21. The van der Waals surface area contributed by atoms with Gasteiger partial charge in [0.1, 0.15) is 16.2 Å². The third-order valence-corrected chi connectivity index (χ3v) is 4.54. The van der Waals surface area contributed by atoms with Crippen LogP contribution < -0.4 is 10.6 Å². The van der Waals surface area contributed by atoms with Crippen LogP contribution in [-0.4, -0.2) is 28.8 Å². The van der Waals surface area contributed by atoms with Gasteiger partial charge in [-0.2, -0.15) is 0 Å². The Morgan fingerprint density at radius 1 is 1.19 bits per heavy atom. The number of hydrogen-bond acceptors (Lipinski definition) is 6. The van der Waals surface area contributed by atoms with E-state index < -0.39 is 5.82 Å². The van der Waals surface area contributed by atoms with Crippen LogP contribution in [0.4, 0.5) is 9.52 Å². The monoisotopic (exact) mass is 369 g/mol. The molecule has 0 bridgehead atoms. The van der Waals surface area contributed by atoms with Crippen molar-refractivity contribution >= 4 is 38.1 Å². The molecule has 3 rings (SSSR count). The van der Waals surface area contributed by atoms with E-state index in [4.69, 9.17) is 5.41 Å².